The maximum absolute atomic E-state index is 6.13. The van der Waals surface area contributed by atoms with Crippen molar-refractivity contribution in [2.45, 2.75) is 0 Å². The van der Waals surface area contributed by atoms with E-state index in [0.717, 1.165) is 16.7 Å². The predicted molar refractivity (Wildman–Crippen MR) is 81.5 cm³/mol. The van der Waals surface area contributed by atoms with Gasteiger partial charge < -0.3 is 0 Å². The number of rotatable bonds is 3. The second kappa shape index (κ2) is 6.29. The third kappa shape index (κ3) is 3.29. The molecule has 2 aromatic carbocycles. The highest BCUT2D eigenvalue weighted by atomic mass is 35.5. The molecule has 0 aliphatic rings. The van der Waals surface area contributed by atoms with Crippen LogP contribution in [0.1, 0.15) is 11.1 Å². The van der Waals surface area contributed by atoms with E-state index in [4.69, 9.17) is 34.8 Å². The molecule has 0 heterocycles. The number of hydrogen-bond acceptors (Lipinski definition) is 0. The number of alkyl halides is 1. The highest BCUT2D eigenvalue weighted by Crippen LogP contribution is 2.24. The Morgan fingerprint density at radius 1 is 0.944 bits per heavy atom. The SMILES string of the molecule is ClC/C(=C\c1ccccc1Cl)c1ccc(Cl)cc1. The molecule has 0 fully saturated rings. The summed E-state index contributed by atoms with van der Waals surface area (Å²) in [5, 5.41) is 1.43. The van der Waals surface area contributed by atoms with Gasteiger partial charge in [0.05, 0.1) is 0 Å². The van der Waals surface area contributed by atoms with Crippen LogP contribution < -0.4 is 0 Å². The maximum Gasteiger partial charge on any atom is 0.0480 e. The molecule has 0 bridgehead atoms. The first-order valence-corrected chi connectivity index (χ1v) is 6.77. The van der Waals surface area contributed by atoms with E-state index >= 15 is 0 Å². The summed E-state index contributed by atoms with van der Waals surface area (Å²) in [7, 11) is 0. The molecule has 2 rings (SSSR count). The van der Waals surface area contributed by atoms with Crippen molar-refractivity contribution in [2.24, 2.45) is 0 Å². The van der Waals surface area contributed by atoms with E-state index in [2.05, 4.69) is 0 Å². The topological polar surface area (TPSA) is 0 Å². The van der Waals surface area contributed by atoms with Gasteiger partial charge in [0.25, 0.3) is 0 Å². The zero-order chi connectivity index (χ0) is 13.0. The van der Waals surface area contributed by atoms with Gasteiger partial charge in [-0.15, -0.1) is 11.6 Å². The van der Waals surface area contributed by atoms with E-state index in [1.807, 2.05) is 54.6 Å². The van der Waals surface area contributed by atoms with Gasteiger partial charge in [-0.3, -0.25) is 0 Å². The van der Waals surface area contributed by atoms with Gasteiger partial charge in [-0.1, -0.05) is 53.5 Å². The number of benzene rings is 2. The molecule has 0 atom stereocenters. The van der Waals surface area contributed by atoms with E-state index < -0.39 is 0 Å². The summed E-state index contributed by atoms with van der Waals surface area (Å²) < 4.78 is 0. The van der Waals surface area contributed by atoms with Crippen LogP contribution in [0.4, 0.5) is 0 Å². The summed E-state index contributed by atoms with van der Waals surface area (Å²) in [6.45, 7) is 0. The summed E-state index contributed by atoms with van der Waals surface area (Å²) in [6.07, 6.45) is 2.00. The Labute approximate surface area is 122 Å². The molecule has 0 unspecified atom stereocenters. The molecule has 0 aliphatic heterocycles. The first kappa shape index (κ1) is 13.5. The number of allylic oxidation sites excluding steroid dienone is 1. The highest BCUT2D eigenvalue weighted by Gasteiger charge is 2.02. The summed E-state index contributed by atoms with van der Waals surface area (Å²) in [5.74, 6) is 0.423. The Hall–Kier alpha value is -0.950. The van der Waals surface area contributed by atoms with Crippen molar-refractivity contribution in [2.75, 3.05) is 5.88 Å². The molecular formula is C15H11Cl3. The van der Waals surface area contributed by atoms with Crippen LogP contribution in [0.25, 0.3) is 11.6 Å². The Morgan fingerprint density at radius 2 is 1.61 bits per heavy atom. The van der Waals surface area contributed by atoms with Crippen molar-refractivity contribution < 1.29 is 0 Å². The number of halogens is 3. The van der Waals surface area contributed by atoms with Crippen molar-refractivity contribution in [1.82, 2.24) is 0 Å². The van der Waals surface area contributed by atoms with Crippen LogP contribution in [-0.4, -0.2) is 5.88 Å². The van der Waals surface area contributed by atoms with E-state index in [0.29, 0.717) is 15.9 Å². The average Bonchev–Trinajstić information content (AvgIpc) is 2.39. The van der Waals surface area contributed by atoms with Crippen LogP contribution in [0.5, 0.6) is 0 Å². The summed E-state index contributed by atoms with van der Waals surface area (Å²) in [6, 6.07) is 15.3. The number of hydrogen-bond donors (Lipinski definition) is 0. The van der Waals surface area contributed by atoms with Crippen LogP contribution in [0.2, 0.25) is 10.0 Å². The molecule has 0 nitrogen and oxygen atoms in total. The molecule has 0 aliphatic carbocycles. The van der Waals surface area contributed by atoms with Crippen molar-refractivity contribution >= 4 is 46.5 Å². The Balaban J connectivity index is 2.40. The molecule has 0 amide bonds. The Bertz CT molecular complexity index is 556. The van der Waals surface area contributed by atoms with Crippen LogP contribution in [-0.2, 0) is 0 Å². The first-order chi connectivity index (χ1) is 8.70. The third-order valence-corrected chi connectivity index (χ3v) is 3.48. The average molecular weight is 298 g/mol. The van der Waals surface area contributed by atoms with Crippen molar-refractivity contribution in [3.63, 3.8) is 0 Å². The summed E-state index contributed by atoms with van der Waals surface area (Å²) in [4.78, 5) is 0. The van der Waals surface area contributed by atoms with E-state index in [-0.39, 0.29) is 0 Å². The van der Waals surface area contributed by atoms with Gasteiger partial charge in [0.1, 0.15) is 0 Å². The Morgan fingerprint density at radius 3 is 2.22 bits per heavy atom. The molecular weight excluding hydrogens is 287 g/mol. The normalized spacial score (nSPS) is 11.6. The van der Waals surface area contributed by atoms with Crippen LogP contribution >= 0.6 is 34.8 Å². The standard InChI is InChI=1S/C15H11Cl3/c16-10-13(11-5-7-14(17)8-6-11)9-12-3-1-2-4-15(12)18/h1-9H,10H2/b13-9+. The largest absolute Gasteiger partial charge is 0.122 e. The smallest absolute Gasteiger partial charge is 0.0480 e. The lowest BCUT2D eigenvalue weighted by Gasteiger charge is -2.05. The fraction of sp³-hybridized carbons (Fsp3) is 0.0667. The molecule has 2 aromatic rings. The van der Waals surface area contributed by atoms with Crippen molar-refractivity contribution in [3.05, 3.63) is 69.7 Å². The lowest BCUT2D eigenvalue weighted by Crippen LogP contribution is -1.86. The molecule has 0 aromatic heterocycles. The molecule has 92 valence electrons. The van der Waals surface area contributed by atoms with Crippen LogP contribution in [0.3, 0.4) is 0 Å². The van der Waals surface area contributed by atoms with E-state index in [1.165, 1.54) is 0 Å². The third-order valence-electron chi connectivity index (χ3n) is 2.59. The molecule has 0 saturated carbocycles. The predicted octanol–water partition coefficient (Wildman–Crippen LogP) is 5.77. The second-order valence-electron chi connectivity index (χ2n) is 3.83. The lowest BCUT2D eigenvalue weighted by molar-refractivity contribution is 1.57. The van der Waals surface area contributed by atoms with Gasteiger partial charge in [-0.05, 0) is 41.0 Å². The molecule has 0 radical (unpaired) electrons. The van der Waals surface area contributed by atoms with E-state index in [9.17, 15) is 0 Å². The fourth-order valence-electron chi connectivity index (χ4n) is 1.64. The minimum Gasteiger partial charge on any atom is -0.122 e. The van der Waals surface area contributed by atoms with Gasteiger partial charge in [-0.2, -0.15) is 0 Å². The molecule has 18 heavy (non-hydrogen) atoms. The minimum absolute atomic E-state index is 0.423. The van der Waals surface area contributed by atoms with Gasteiger partial charge in [0.2, 0.25) is 0 Å². The van der Waals surface area contributed by atoms with E-state index in [1.54, 1.807) is 0 Å². The van der Waals surface area contributed by atoms with Gasteiger partial charge >= 0.3 is 0 Å². The first-order valence-electron chi connectivity index (χ1n) is 5.47. The molecule has 3 heteroatoms. The van der Waals surface area contributed by atoms with Crippen molar-refractivity contribution in [1.29, 1.82) is 0 Å². The molecule has 0 spiro atoms. The zero-order valence-corrected chi connectivity index (χ0v) is 11.8. The van der Waals surface area contributed by atoms with Crippen molar-refractivity contribution in [3.8, 4) is 0 Å². The Kier molecular flexibility index (Phi) is 4.71. The van der Waals surface area contributed by atoms with Gasteiger partial charge in [0, 0.05) is 15.9 Å². The minimum atomic E-state index is 0.423. The zero-order valence-electron chi connectivity index (χ0n) is 9.54. The summed E-state index contributed by atoms with van der Waals surface area (Å²) >= 11 is 18.0. The highest BCUT2D eigenvalue weighted by molar-refractivity contribution is 6.32. The molecule has 0 saturated heterocycles. The van der Waals surface area contributed by atoms with Crippen LogP contribution in [0.15, 0.2) is 48.5 Å². The fourth-order valence-corrected chi connectivity index (χ4v) is 2.19. The summed E-state index contributed by atoms with van der Waals surface area (Å²) in [5.41, 5.74) is 3.03. The maximum atomic E-state index is 6.13. The quantitative estimate of drug-likeness (QED) is 0.498. The van der Waals surface area contributed by atoms with Gasteiger partial charge in [-0.25, -0.2) is 0 Å². The monoisotopic (exact) mass is 296 g/mol. The lowest BCUT2D eigenvalue weighted by atomic mass is 10.0. The van der Waals surface area contributed by atoms with Crippen LogP contribution in [0, 0.1) is 0 Å². The molecule has 0 N–H and O–H groups in total. The van der Waals surface area contributed by atoms with Gasteiger partial charge in [0.15, 0.2) is 0 Å². The second-order valence-corrected chi connectivity index (χ2v) is 4.94.